The van der Waals surface area contributed by atoms with E-state index in [2.05, 4.69) is 16.3 Å². The molecule has 0 aliphatic carbocycles. The second-order valence-electron chi connectivity index (χ2n) is 5.18. The summed E-state index contributed by atoms with van der Waals surface area (Å²) >= 11 is 0. The van der Waals surface area contributed by atoms with Crippen molar-refractivity contribution in [3.63, 3.8) is 0 Å². The molecule has 1 heterocycles. The summed E-state index contributed by atoms with van der Waals surface area (Å²) in [7, 11) is 0. The Kier molecular flexibility index (Phi) is 2.95. The standard InChI is InChI=1S/C13H18N4/c1-13(2,15)9-17-6-5-16-11-7-10(8-14)3-4-12(11)17/h3-4,7,16H,5-6,9,15H2,1-2H3. The zero-order valence-electron chi connectivity index (χ0n) is 10.3. The van der Waals surface area contributed by atoms with E-state index in [9.17, 15) is 0 Å². The molecule has 2 rings (SSSR count). The molecule has 1 aromatic carbocycles. The van der Waals surface area contributed by atoms with E-state index in [1.165, 1.54) is 0 Å². The molecule has 0 aromatic heterocycles. The maximum Gasteiger partial charge on any atom is 0.0992 e. The Hall–Kier alpha value is -1.73. The van der Waals surface area contributed by atoms with Crippen molar-refractivity contribution in [2.75, 3.05) is 29.9 Å². The summed E-state index contributed by atoms with van der Waals surface area (Å²) in [6.45, 7) is 6.70. The number of fused-ring (bicyclic) bond motifs is 1. The molecule has 90 valence electrons. The van der Waals surface area contributed by atoms with Crippen molar-refractivity contribution in [2.45, 2.75) is 19.4 Å². The van der Waals surface area contributed by atoms with Gasteiger partial charge in [-0.05, 0) is 32.0 Å². The lowest BCUT2D eigenvalue weighted by molar-refractivity contribution is 0.506. The monoisotopic (exact) mass is 230 g/mol. The summed E-state index contributed by atoms with van der Waals surface area (Å²) in [5.41, 5.74) is 8.69. The lowest BCUT2D eigenvalue weighted by Gasteiger charge is -2.36. The highest BCUT2D eigenvalue weighted by Crippen LogP contribution is 2.30. The van der Waals surface area contributed by atoms with Gasteiger partial charge < -0.3 is 16.0 Å². The van der Waals surface area contributed by atoms with Gasteiger partial charge in [-0.1, -0.05) is 0 Å². The van der Waals surface area contributed by atoms with Gasteiger partial charge in [0.15, 0.2) is 0 Å². The summed E-state index contributed by atoms with van der Waals surface area (Å²) in [4.78, 5) is 2.27. The van der Waals surface area contributed by atoms with Gasteiger partial charge >= 0.3 is 0 Å². The number of hydrogen-bond donors (Lipinski definition) is 2. The maximum atomic E-state index is 8.88. The van der Waals surface area contributed by atoms with Gasteiger partial charge in [0.25, 0.3) is 0 Å². The van der Waals surface area contributed by atoms with Gasteiger partial charge in [-0.25, -0.2) is 0 Å². The molecule has 1 aromatic rings. The Morgan fingerprint density at radius 2 is 2.29 bits per heavy atom. The first kappa shape index (κ1) is 11.7. The molecule has 0 saturated heterocycles. The predicted octanol–water partition coefficient (Wildman–Crippen LogP) is 1.53. The van der Waals surface area contributed by atoms with Crippen LogP contribution < -0.4 is 16.0 Å². The summed E-state index contributed by atoms with van der Waals surface area (Å²) in [6, 6.07) is 7.89. The van der Waals surface area contributed by atoms with Crippen LogP contribution in [0.1, 0.15) is 19.4 Å². The van der Waals surface area contributed by atoms with Crippen molar-refractivity contribution in [3.8, 4) is 6.07 Å². The molecule has 4 nitrogen and oxygen atoms in total. The first-order valence-corrected chi connectivity index (χ1v) is 5.81. The number of benzene rings is 1. The topological polar surface area (TPSA) is 65.1 Å². The molecule has 0 saturated carbocycles. The summed E-state index contributed by atoms with van der Waals surface area (Å²) in [5, 5.41) is 12.2. The summed E-state index contributed by atoms with van der Waals surface area (Å²) < 4.78 is 0. The van der Waals surface area contributed by atoms with Crippen LogP contribution >= 0.6 is 0 Å². The van der Waals surface area contributed by atoms with Gasteiger partial charge in [0.1, 0.15) is 0 Å². The van der Waals surface area contributed by atoms with E-state index < -0.39 is 0 Å². The quantitative estimate of drug-likeness (QED) is 0.808. The second-order valence-corrected chi connectivity index (χ2v) is 5.18. The first-order chi connectivity index (χ1) is 7.99. The lowest BCUT2D eigenvalue weighted by atomic mass is 10.0. The molecule has 17 heavy (non-hydrogen) atoms. The lowest BCUT2D eigenvalue weighted by Crippen LogP contribution is -2.48. The Bertz CT molecular complexity index is 453. The van der Waals surface area contributed by atoms with Gasteiger partial charge in [0, 0.05) is 25.2 Å². The van der Waals surface area contributed by atoms with E-state index in [0.717, 1.165) is 31.0 Å². The number of anilines is 2. The predicted molar refractivity (Wildman–Crippen MR) is 70.1 cm³/mol. The number of nitriles is 1. The largest absolute Gasteiger partial charge is 0.382 e. The fourth-order valence-corrected chi connectivity index (χ4v) is 2.13. The van der Waals surface area contributed by atoms with Crippen LogP contribution in [0.5, 0.6) is 0 Å². The van der Waals surface area contributed by atoms with Crippen molar-refractivity contribution in [2.24, 2.45) is 5.73 Å². The highest BCUT2D eigenvalue weighted by atomic mass is 15.2. The molecule has 0 fully saturated rings. The zero-order valence-corrected chi connectivity index (χ0v) is 10.3. The Morgan fingerprint density at radius 3 is 2.94 bits per heavy atom. The summed E-state index contributed by atoms with van der Waals surface area (Å²) in [5.74, 6) is 0. The minimum absolute atomic E-state index is 0.220. The third-order valence-electron chi connectivity index (χ3n) is 2.76. The molecule has 0 spiro atoms. The minimum Gasteiger partial charge on any atom is -0.382 e. The van der Waals surface area contributed by atoms with E-state index in [1.807, 2.05) is 32.0 Å². The highest BCUT2D eigenvalue weighted by Gasteiger charge is 2.22. The molecule has 0 radical (unpaired) electrons. The summed E-state index contributed by atoms with van der Waals surface area (Å²) in [6.07, 6.45) is 0. The second kappa shape index (κ2) is 4.27. The van der Waals surface area contributed by atoms with Gasteiger partial charge in [-0.2, -0.15) is 5.26 Å². The van der Waals surface area contributed by atoms with E-state index in [-0.39, 0.29) is 5.54 Å². The fourth-order valence-electron chi connectivity index (χ4n) is 2.13. The van der Waals surface area contributed by atoms with Crippen LogP contribution in [-0.4, -0.2) is 25.2 Å². The van der Waals surface area contributed by atoms with Crippen molar-refractivity contribution < 1.29 is 0 Å². The van der Waals surface area contributed by atoms with Crippen molar-refractivity contribution in [1.29, 1.82) is 5.26 Å². The molecule has 1 aliphatic rings. The minimum atomic E-state index is -0.220. The molecular formula is C13H18N4. The fraction of sp³-hybridized carbons (Fsp3) is 0.462. The van der Waals surface area contributed by atoms with Gasteiger partial charge in [-0.3, -0.25) is 0 Å². The Labute approximate surface area is 102 Å². The zero-order chi connectivity index (χ0) is 12.5. The Balaban J connectivity index is 2.29. The average molecular weight is 230 g/mol. The SMILES string of the molecule is CC(C)(N)CN1CCNc2cc(C#N)ccc21. The van der Waals surface area contributed by atoms with Crippen LogP contribution in [0.25, 0.3) is 0 Å². The number of rotatable bonds is 2. The molecule has 1 aliphatic heterocycles. The van der Waals surface area contributed by atoms with Crippen molar-refractivity contribution >= 4 is 11.4 Å². The van der Waals surface area contributed by atoms with Crippen molar-refractivity contribution in [1.82, 2.24) is 0 Å². The Morgan fingerprint density at radius 1 is 1.53 bits per heavy atom. The van der Waals surface area contributed by atoms with Crippen LogP contribution in [-0.2, 0) is 0 Å². The van der Waals surface area contributed by atoms with Crippen LogP contribution in [0.15, 0.2) is 18.2 Å². The van der Waals surface area contributed by atoms with E-state index in [1.54, 1.807) is 0 Å². The van der Waals surface area contributed by atoms with Gasteiger partial charge in [0.2, 0.25) is 0 Å². The van der Waals surface area contributed by atoms with Gasteiger partial charge in [-0.15, -0.1) is 0 Å². The molecular weight excluding hydrogens is 212 g/mol. The third kappa shape index (κ3) is 2.69. The smallest absolute Gasteiger partial charge is 0.0992 e. The van der Waals surface area contributed by atoms with E-state index in [0.29, 0.717) is 5.56 Å². The van der Waals surface area contributed by atoms with Crippen molar-refractivity contribution in [3.05, 3.63) is 23.8 Å². The highest BCUT2D eigenvalue weighted by molar-refractivity contribution is 5.74. The van der Waals surface area contributed by atoms with Crippen LogP contribution in [0.3, 0.4) is 0 Å². The average Bonchev–Trinajstić information content (AvgIpc) is 2.26. The number of nitrogens with one attached hydrogen (secondary N) is 1. The molecule has 0 amide bonds. The van der Waals surface area contributed by atoms with Crippen LogP contribution in [0, 0.1) is 11.3 Å². The molecule has 0 bridgehead atoms. The molecule has 3 N–H and O–H groups in total. The van der Waals surface area contributed by atoms with Crippen LogP contribution in [0.2, 0.25) is 0 Å². The molecule has 4 heteroatoms. The number of nitrogens with two attached hydrogens (primary N) is 1. The number of nitrogens with zero attached hydrogens (tertiary/aromatic N) is 2. The van der Waals surface area contributed by atoms with E-state index >= 15 is 0 Å². The maximum absolute atomic E-state index is 8.88. The van der Waals surface area contributed by atoms with E-state index in [4.69, 9.17) is 11.0 Å². The number of hydrogen-bond acceptors (Lipinski definition) is 4. The first-order valence-electron chi connectivity index (χ1n) is 5.81. The van der Waals surface area contributed by atoms with Gasteiger partial charge in [0.05, 0.1) is 23.0 Å². The molecule has 0 atom stereocenters. The third-order valence-corrected chi connectivity index (χ3v) is 2.76. The van der Waals surface area contributed by atoms with Crippen LogP contribution in [0.4, 0.5) is 11.4 Å². The molecule has 0 unspecified atom stereocenters. The normalized spacial score (nSPS) is 14.8.